The number of ketones is 2. The largest absolute Gasteiger partial charge is 0.393 e. The zero-order chi connectivity index (χ0) is 23.7. The van der Waals surface area contributed by atoms with Crippen LogP contribution in [0.25, 0.3) is 10.3 Å². The molecule has 178 valence electrons. The van der Waals surface area contributed by atoms with Crippen LogP contribution in [0.4, 0.5) is 0 Å². The number of rotatable bonds is 4. The first kappa shape index (κ1) is 22.6. The summed E-state index contributed by atoms with van der Waals surface area (Å²) in [6.45, 7) is 4.46. The highest BCUT2D eigenvalue weighted by molar-refractivity contribution is 8.01. The summed E-state index contributed by atoms with van der Waals surface area (Å²) in [7, 11) is 0. The average molecular weight is 495 g/mol. The summed E-state index contributed by atoms with van der Waals surface area (Å²) < 4.78 is 0.892. The van der Waals surface area contributed by atoms with Crippen LogP contribution in [0.5, 0.6) is 0 Å². The normalized spacial score (nSPS) is 38.9. The Balaban J connectivity index is 1.21. The van der Waals surface area contributed by atoms with E-state index in [1.54, 1.807) is 29.7 Å². The molecule has 1 N–H and O–H groups in total. The molecule has 5 nitrogen and oxygen atoms in total. The lowest BCUT2D eigenvalue weighted by Gasteiger charge is -2.58. The number of nitrogens with zero attached hydrogens (tertiary/aromatic N) is 2. The number of allylic oxidation sites excluding steroid dienone is 4. The minimum Gasteiger partial charge on any atom is -0.393 e. The zero-order valence-electron chi connectivity index (χ0n) is 19.6. The van der Waals surface area contributed by atoms with Crippen molar-refractivity contribution in [2.75, 3.05) is 5.75 Å². The molecule has 0 spiro atoms. The fraction of sp³-hybridized carbons (Fsp3) is 0.556. The molecule has 0 aliphatic heterocycles. The molecular weight excluding hydrogens is 464 g/mol. The van der Waals surface area contributed by atoms with Crippen molar-refractivity contribution in [2.24, 2.45) is 34.5 Å². The number of aliphatic hydroxyl groups excluding tert-OH is 1. The fourth-order valence-electron chi connectivity index (χ4n) is 7.90. The van der Waals surface area contributed by atoms with E-state index in [-0.39, 0.29) is 28.4 Å². The number of hydrogen-bond acceptors (Lipinski definition) is 7. The van der Waals surface area contributed by atoms with Crippen LogP contribution in [0.1, 0.15) is 46.0 Å². The van der Waals surface area contributed by atoms with Crippen molar-refractivity contribution in [2.45, 2.75) is 56.4 Å². The van der Waals surface area contributed by atoms with Gasteiger partial charge in [-0.2, -0.15) is 0 Å². The molecule has 0 bridgehead atoms. The molecule has 2 aromatic heterocycles. The average Bonchev–Trinajstić information content (AvgIpc) is 3.37. The Morgan fingerprint density at radius 1 is 1.29 bits per heavy atom. The van der Waals surface area contributed by atoms with E-state index in [0.717, 1.165) is 40.4 Å². The Bertz CT molecular complexity index is 1200. The second-order valence-corrected chi connectivity index (χ2v) is 13.2. The third kappa shape index (κ3) is 3.38. The van der Waals surface area contributed by atoms with E-state index < -0.39 is 6.10 Å². The molecule has 3 saturated carbocycles. The number of Topliss-reactive ketones (excluding diaryl/α,β-unsaturated/α-hetero) is 1. The number of carbonyl (C=O) groups excluding carboxylic acids is 2. The standard InChI is InChI=1S/C27H30N2O3S2/c1-26-10-9-16(30)12-15(26)5-6-17-18-7-8-19(27(18,2)13-21(31)23(17)26)22(32)14-33-25-29-20-4-3-11-28-24(20)34-25/h3-4,9-12,17-19,21,23,31H,5-8,13-14H2,1-2H3/t17?,18?,19?,21-,23?,26?,27?/m0/s1. The molecule has 2 aromatic rings. The number of aliphatic hydroxyl groups is 1. The maximum atomic E-state index is 13.5. The summed E-state index contributed by atoms with van der Waals surface area (Å²) in [5, 5.41) is 11.5. The van der Waals surface area contributed by atoms with Crippen LogP contribution in [-0.4, -0.2) is 38.5 Å². The number of thiazole rings is 1. The van der Waals surface area contributed by atoms with Gasteiger partial charge in [0.15, 0.2) is 10.1 Å². The lowest BCUT2D eigenvalue weighted by Crippen LogP contribution is -2.56. The monoisotopic (exact) mass is 494 g/mol. The number of carbonyl (C=O) groups is 2. The van der Waals surface area contributed by atoms with Gasteiger partial charge in [0.25, 0.3) is 0 Å². The van der Waals surface area contributed by atoms with E-state index in [1.165, 1.54) is 17.3 Å². The first-order valence-electron chi connectivity index (χ1n) is 12.3. The summed E-state index contributed by atoms with van der Waals surface area (Å²) in [4.78, 5) is 35.4. The Labute approximate surface area is 208 Å². The van der Waals surface area contributed by atoms with Gasteiger partial charge in [-0.1, -0.05) is 48.6 Å². The summed E-state index contributed by atoms with van der Waals surface area (Å²) in [5.74, 6) is 1.71. The molecule has 3 fully saturated rings. The van der Waals surface area contributed by atoms with Crippen LogP contribution in [0, 0.1) is 34.5 Å². The van der Waals surface area contributed by atoms with Crippen LogP contribution in [0.15, 0.2) is 46.5 Å². The highest BCUT2D eigenvalue weighted by Gasteiger charge is 2.62. The Morgan fingerprint density at radius 3 is 2.97 bits per heavy atom. The summed E-state index contributed by atoms with van der Waals surface area (Å²) in [6, 6.07) is 3.84. The molecule has 7 atom stereocenters. The maximum Gasteiger partial charge on any atom is 0.178 e. The van der Waals surface area contributed by atoms with Gasteiger partial charge in [-0.3, -0.25) is 9.59 Å². The van der Waals surface area contributed by atoms with Crippen LogP contribution < -0.4 is 0 Å². The highest BCUT2D eigenvalue weighted by Crippen LogP contribution is 2.66. The molecule has 4 aliphatic rings. The molecule has 4 aliphatic carbocycles. The Kier molecular flexibility index (Phi) is 5.39. The maximum absolute atomic E-state index is 13.5. The van der Waals surface area contributed by atoms with Crippen molar-refractivity contribution >= 4 is 45.0 Å². The molecule has 0 radical (unpaired) electrons. The zero-order valence-corrected chi connectivity index (χ0v) is 21.2. The number of hydrogen-bond donors (Lipinski definition) is 1. The molecular formula is C27H30N2O3S2. The predicted octanol–water partition coefficient (Wildman–Crippen LogP) is 5.25. The number of thioether (sulfide) groups is 1. The third-order valence-corrected chi connectivity index (χ3v) is 11.5. The lowest BCUT2D eigenvalue weighted by atomic mass is 9.46. The molecule has 34 heavy (non-hydrogen) atoms. The van der Waals surface area contributed by atoms with Gasteiger partial charge in [-0.15, -0.1) is 0 Å². The molecule has 6 unspecified atom stereocenters. The van der Waals surface area contributed by atoms with E-state index in [2.05, 4.69) is 29.9 Å². The van der Waals surface area contributed by atoms with E-state index >= 15 is 0 Å². The van der Waals surface area contributed by atoms with Crippen molar-refractivity contribution in [3.05, 3.63) is 42.1 Å². The van der Waals surface area contributed by atoms with Gasteiger partial charge in [-0.05, 0) is 73.6 Å². The quantitative estimate of drug-likeness (QED) is 0.585. The molecule has 2 heterocycles. The smallest absolute Gasteiger partial charge is 0.178 e. The summed E-state index contributed by atoms with van der Waals surface area (Å²) >= 11 is 3.07. The van der Waals surface area contributed by atoms with Crippen molar-refractivity contribution in [3.63, 3.8) is 0 Å². The molecule has 0 saturated heterocycles. The van der Waals surface area contributed by atoms with Gasteiger partial charge in [-0.25, -0.2) is 9.97 Å². The predicted molar refractivity (Wildman–Crippen MR) is 135 cm³/mol. The second-order valence-electron chi connectivity index (χ2n) is 11.0. The SMILES string of the molecule is CC12C=CC(=O)C=C1CCC1C2[C@@H](O)CC2(C)C(C(=O)CSc3nc4cccnc4s3)CCC12. The minimum atomic E-state index is -0.464. The van der Waals surface area contributed by atoms with Gasteiger partial charge in [0.05, 0.1) is 11.9 Å². The first-order valence-corrected chi connectivity index (χ1v) is 14.1. The van der Waals surface area contributed by atoms with E-state index in [0.29, 0.717) is 29.8 Å². The molecule has 7 heteroatoms. The van der Waals surface area contributed by atoms with Crippen molar-refractivity contribution in [1.29, 1.82) is 0 Å². The van der Waals surface area contributed by atoms with Crippen LogP contribution in [-0.2, 0) is 9.59 Å². The summed E-state index contributed by atoms with van der Waals surface area (Å²) in [6.07, 6.45) is 11.4. The van der Waals surface area contributed by atoms with Gasteiger partial charge >= 0.3 is 0 Å². The van der Waals surface area contributed by atoms with Gasteiger partial charge in [0.1, 0.15) is 16.1 Å². The van der Waals surface area contributed by atoms with E-state index in [9.17, 15) is 14.7 Å². The number of aromatic nitrogens is 2. The van der Waals surface area contributed by atoms with Gasteiger partial charge in [0.2, 0.25) is 0 Å². The molecule has 0 aromatic carbocycles. The van der Waals surface area contributed by atoms with Crippen LogP contribution in [0.2, 0.25) is 0 Å². The van der Waals surface area contributed by atoms with E-state index in [1.807, 2.05) is 12.1 Å². The lowest BCUT2D eigenvalue weighted by molar-refractivity contribution is -0.137. The molecule has 6 rings (SSSR count). The van der Waals surface area contributed by atoms with Crippen molar-refractivity contribution in [1.82, 2.24) is 9.97 Å². The fourth-order valence-corrected chi connectivity index (χ4v) is 9.82. The van der Waals surface area contributed by atoms with Gasteiger partial charge in [0, 0.05) is 23.4 Å². The van der Waals surface area contributed by atoms with Gasteiger partial charge < -0.3 is 5.11 Å². The minimum absolute atomic E-state index is 0.0127. The Hall–Kier alpha value is -1.83. The molecule has 0 amide bonds. The Morgan fingerprint density at radius 2 is 2.15 bits per heavy atom. The highest BCUT2D eigenvalue weighted by atomic mass is 32.2. The topological polar surface area (TPSA) is 80.1 Å². The number of fused-ring (bicyclic) bond motifs is 6. The summed E-state index contributed by atoms with van der Waals surface area (Å²) in [5.41, 5.74) is 1.64. The van der Waals surface area contributed by atoms with Crippen molar-refractivity contribution in [3.8, 4) is 0 Å². The second kappa shape index (κ2) is 8.10. The van der Waals surface area contributed by atoms with Crippen molar-refractivity contribution < 1.29 is 14.7 Å². The number of pyridine rings is 1. The third-order valence-electron chi connectivity index (χ3n) is 9.37. The van der Waals surface area contributed by atoms with Crippen LogP contribution >= 0.6 is 23.1 Å². The van der Waals surface area contributed by atoms with Crippen LogP contribution in [0.3, 0.4) is 0 Å². The van der Waals surface area contributed by atoms with E-state index in [4.69, 9.17) is 0 Å². The first-order chi connectivity index (χ1) is 16.3.